The molecule has 0 unspecified atom stereocenters. The fraction of sp³-hybridized carbons (Fsp3) is 0. The first-order valence-corrected chi connectivity index (χ1v) is 4.77. The van der Waals surface area contributed by atoms with Crippen LogP contribution in [0.15, 0.2) is 60.7 Å². The Balaban J connectivity index is 0. The maximum atomic E-state index is 8.29. The second-order valence-corrected chi connectivity index (χ2v) is 2.96. The molecule has 0 heterocycles. The summed E-state index contributed by atoms with van der Waals surface area (Å²) in [5.74, 6) is 0. The summed E-state index contributed by atoms with van der Waals surface area (Å²) >= 11 is 0. The number of hydrogen-bond acceptors (Lipinski definition) is 2. The van der Waals surface area contributed by atoms with Gasteiger partial charge in [-0.2, -0.15) is 10.5 Å². The quantitative estimate of drug-likeness (QED) is 0.463. The van der Waals surface area contributed by atoms with Crippen molar-refractivity contribution in [2.24, 2.45) is 0 Å². The second-order valence-electron chi connectivity index (χ2n) is 2.96. The first-order valence-electron chi connectivity index (χ1n) is 4.77. The average molecular weight is 441 g/mol. The molecule has 0 radical (unpaired) electrons. The number of hydrogen-bond donors (Lipinski definition) is 0. The molecule has 0 aliphatic rings. The van der Waals surface area contributed by atoms with Gasteiger partial charge in [-0.3, -0.25) is 0 Å². The van der Waals surface area contributed by atoms with Crippen molar-refractivity contribution < 1.29 is 20.4 Å². The van der Waals surface area contributed by atoms with E-state index in [0.717, 1.165) is 0 Å². The van der Waals surface area contributed by atoms with Gasteiger partial charge in [-0.15, -0.1) is 24.0 Å². The third kappa shape index (κ3) is 7.98. The van der Waals surface area contributed by atoms with Gasteiger partial charge in [-0.05, 0) is 24.3 Å². The monoisotopic (exact) mass is 440 g/mol. The molecule has 0 saturated carbocycles. The number of nitrogens with zero attached hydrogens (tertiary/aromatic N) is 2. The van der Waals surface area contributed by atoms with Gasteiger partial charge in [0.2, 0.25) is 0 Å². The Morgan fingerprint density at radius 3 is 1.06 bits per heavy atom. The second kappa shape index (κ2) is 12.3. The van der Waals surface area contributed by atoms with E-state index in [-0.39, 0.29) is 44.4 Å². The molecule has 0 aliphatic heterocycles. The van der Waals surface area contributed by atoms with Gasteiger partial charge in [-0.25, -0.2) is 0 Å². The first-order chi connectivity index (χ1) is 7.86. The van der Waals surface area contributed by atoms with Crippen LogP contribution in [0, 0.1) is 22.7 Å². The van der Waals surface area contributed by atoms with Gasteiger partial charge in [0, 0.05) is 20.4 Å². The molecule has 0 atom stereocenters. The van der Waals surface area contributed by atoms with Crippen LogP contribution in [0.3, 0.4) is 0 Å². The molecule has 0 aliphatic carbocycles. The van der Waals surface area contributed by atoms with E-state index in [1.807, 2.05) is 48.5 Å². The molecule has 2 aromatic rings. The predicted octanol–water partition coefficient (Wildman–Crippen LogP) is 3.73. The van der Waals surface area contributed by atoms with Gasteiger partial charge in [0.15, 0.2) is 0 Å². The molecule has 18 heavy (non-hydrogen) atoms. The largest absolute Gasteiger partial charge is 0.192 e. The molecular weight excluding hydrogens is 429 g/mol. The number of nitriles is 2. The van der Waals surface area contributed by atoms with E-state index in [0.29, 0.717) is 11.1 Å². The van der Waals surface area contributed by atoms with Crippen LogP contribution >= 0.6 is 24.0 Å². The van der Waals surface area contributed by atoms with Crippen LogP contribution in [0.1, 0.15) is 11.1 Å². The van der Waals surface area contributed by atoms with Gasteiger partial charge < -0.3 is 0 Å². The standard InChI is InChI=1S/2C7H5N.HI.Pd/c2*8-6-7-4-2-1-3-5-7;;/h2*1-5H;1H;. The molecule has 0 spiro atoms. The summed E-state index contributed by atoms with van der Waals surface area (Å²) in [5, 5.41) is 16.6. The molecule has 2 rings (SSSR count). The van der Waals surface area contributed by atoms with Crippen LogP contribution in [0.5, 0.6) is 0 Å². The van der Waals surface area contributed by atoms with E-state index in [2.05, 4.69) is 0 Å². The van der Waals surface area contributed by atoms with Crippen molar-refractivity contribution >= 4 is 24.0 Å². The minimum absolute atomic E-state index is 0. The van der Waals surface area contributed by atoms with Crippen LogP contribution < -0.4 is 0 Å². The number of rotatable bonds is 0. The predicted molar refractivity (Wildman–Crippen MR) is 77.7 cm³/mol. The van der Waals surface area contributed by atoms with Crippen molar-refractivity contribution in [1.82, 2.24) is 0 Å². The first kappa shape index (κ1) is 19.2. The van der Waals surface area contributed by atoms with E-state index < -0.39 is 0 Å². The fourth-order valence-corrected chi connectivity index (χ4v) is 1.03. The van der Waals surface area contributed by atoms with Crippen molar-refractivity contribution in [2.75, 3.05) is 0 Å². The SMILES string of the molecule is I.N#Cc1ccccc1.N#Cc1ccccc1.[Pd]. The van der Waals surface area contributed by atoms with Crippen molar-refractivity contribution in [3.8, 4) is 12.1 Å². The molecule has 2 aromatic carbocycles. The topological polar surface area (TPSA) is 47.6 Å². The summed E-state index contributed by atoms with van der Waals surface area (Å²) in [5.41, 5.74) is 1.43. The Morgan fingerprint density at radius 1 is 0.611 bits per heavy atom. The van der Waals surface area contributed by atoms with Crippen molar-refractivity contribution in [3.05, 3.63) is 71.8 Å². The molecule has 4 heteroatoms. The summed E-state index contributed by atoms with van der Waals surface area (Å²) in [7, 11) is 0. The molecule has 0 N–H and O–H groups in total. The van der Waals surface area contributed by atoms with Crippen LogP contribution in [-0.4, -0.2) is 0 Å². The van der Waals surface area contributed by atoms with E-state index in [1.54, 1.807) is 24.3 Å². The minimum atomic E-state index is 0. The third-order valence-electron chi connectivity index (χ3n) is 1.81. The summed E-state index contributed by atoms with van der Waals surface area (Å²) in [4.78, 5) is 0. The Morgan fingerprint density at radius 2 is 0.889 bits per heavy atom. The summed E-state index contributed by atoms with van der Waals surface area (Å²) in [6.45, 7) is 0. The van der Waals surface area contributed by atoms with Crippen LogP contribution in [0.2, 0.25) is 0 Å². The maximum Gasteiger partial charge on any atom is 0.0991 e. The third-order valence-corrected chi connectivity index (χ3v) is 1.81. The molecule has 94 valence electrons. The van der Waals surface area contributed by atoms with E-state index in [9.17, 15) is 0 Å². The average Bonchev–Trinajstić information content (AvgIpc) is 2.41. The Kier molecular flexibility index (Phi) is 13.1. The normalized spacial score (nSPS) is 7.00. The Labute approximate surface area is 138 Å². The zero-order chi connectivity index (χ0) is 11.6. The summed E-state index contributed by atoms with van der Waals surface area (Å²) in [6, 6.07) is 22.3. The molecule has 0 aromatic heterocycles. The van der Waals surface area contributed by atoms with Crippen LogP contribution in [-0.2, 0) is 20.4 Å². The number of halogens is 1. The minimum Gasteiger partial charge on any atom is -0.192 e. The van der Waals surface area contributed by atoms with Gasteiger partial charge >= 0.3 is 0 Å². The van der Waals surface area contributed by atoms with Crippen molar-refractivity contribution in [1.29, 1.82) is 10.5 Å². The van der Waals surface area contributed by atoms with E-state index in [4.69, 9.17) is 10.5 Å². The van der Waals surface area contributed by atoms with Gasteiger partial charge in [-0.1, -0.05) is 36.4 Å². The maximum absolute atomic E-state index is 8.29. The molecule has 2 nitrogen and oxygen atoms in total. The van der Waals surface area contributed by atoms with Crippen LogP contribution in [0.25, 0.3) is 0 Å². The Bertz CT molecular complexity index is 451. The van der Waals surface area contributed by atoms with E-state index in [1.165, 1.54) is 0 Å². The van der Waals surface area contributed by atoms with Crippen LogP contribution in [0.4, 0.5) is 0 Å². The zero-order valence-corrected chi connectivity index (χ0v) is 13.3. The molecule has 0 fully saturated rings. The fourth-order valence-electron chi connectivity index (χ4n) is 1.03. The number of benzene rings is 2. The van der Waals surface area contributed by atoms with Gasteiger partial charge in [0.25, 0.3) is 0 Å². The van der Waals surface area contributed by atoms with Gasteiger partial charge in [0.1, 0.15) is 0 Å². The van der Waals surface area contributed by atoms with Crippen molar-refractivity contribution in [2.45, 2.75) is 0 Å². The Hall–Kier alpha value is -1.19. The molecule has 0 saturated heterocycles. The molecular formula is C14H11IN2Pd. The molecule has 0 bridgehead atoms. The molecule has 0 amide bonds. The zero-order valence-electron chi connectivity index (χ0n) is 9.39. The van der Waals surface area contributed by atoms with E-state index >= 15 is 0 Å². The van der Waals surface area contributed by atoms with Crippen molar-refractivity contribution in [3.63, 3.8) is 0 Å². The smallest absolute Gasteiger partial charge is 0.0991 e. The van der Waals surface area contributed by atoms with Gasteiger partial charge in [0.05, 0.1) is 23.3 Å². The summed E-state index contributed by atoms with van der Waals surface area (Å²) < 4.78 is 0. The summed E-state index contributed by atoms with van der Waals surface area (Å²) in [6.07, 6.45) is 0.